The highest BCUT2D eigenvalue weighted by molar-refractivity contribution is 6.33. The van der Waals surface area contributed by atoms with Gasteiger partial charge in [0, 0.05) is 18.3 Å². The van der Waals surface area contributed by atoms with Crippen molar-refractivity contribution in [3.63, 3.8) is 0 Å². The summed E-state index contributed by atoms with van der Waals surface area (Å²) in [6.07, 6.45) is 7.20. The van der Waals surface area contributed by atoms with Crippen molar-refractivity contribution in [1.82, 2.24) is 4.98 Å². The van der Waals surface area contributed by atoms with Gasteiger partial charge in [-0.2, -0.15) is 0 Å². The van der Waals surface area contributed by atoms with Crippen LogP contribution >= 0.6 is 11.6 Å². The zero-order valence-electron chi connectivity index (χ0n) is 7.81. The number of anilines is 2. The largest absolute Gasteiger partial charge is 0.382 e. The maximum absolute atomic E-state index is 6.10. The zero-order chi connectivity index (χ0) is 9.60. The van der Waals surface area contributed by atoms with Crippen molar-refractivity contribution in [3.8, 4) is 0 Å². The molecule has 0 atom stereocenters. The summed E-state index contributed by atoms with van der Waals surface area (Å²) in [5.41, 5.74) is 2.38. The molecule has 1 spiro atoms. The molecule has 1 aliphatic heterocycles. The standard InChI is InChI=1S/C10H12ClN3/c11-7-5-12-6-8-9(7)14-10(1-2-10)3-4-13-8/h5-6,13-14H,1-4H2. The lowest BCUT2D eigenvalue weighted by molar-refractivity contribution is 0.687. The Kier molecular flexibility index (Phi) is 1.65. The molecule has 0 unspecified atom stereocenters. The number of hydrogen-bond acceptors (Lipinski definition) is 3. The molecule has 1 aliphatic carbocycles. The van der Waals surface area contributed by atoms with Gasteiger partial charge in [-0.05, 0) is 19.3 Å². The Morgan fingerprint density at radius 1 is 1.29 bits per heavy atom. The van der Waals surface area contributed by atoms with Crippen LogP contribution in [0.5, 0.6) is 0 Å². The zero-order valence-corrected chi connectivity index (χ0v) is 8.56. The molecular weight excluding hydrogens is 198 g/mol. The minimum Gasteiger partial charge on any atom is -0.382 e. The molecule has 4 heteroatoms. The van der Waals surface area contributed by atoms with E-state index in [0.717, 1.165) is 24.3 Å². The topological polar surface area (TPSA) is 37.0 Å². The van der Waals surface area contributed by atoms with E-state index in [1.54, 1.807) is 6.20 Å². The molecule has 0 aromatic carbocycles. The summed E-state index contributed by atoms with van der Waals surface area (Å²) in [5.74, 6) is 0. The highest BCUT2D eigenvalue weighted by Crippen LogP contribution is 2.46. The second-order valence-electron chi connectivity index (χ2n) is 4.13. The summed E-state index contributed by atoms with van der Waals surface area (Å²) in [6.45, 7) is 1.00. The maximum atomic E-state index is 6.10. The molecule has 74 valence electrons. The molecule has 0 bridgehead atoms. The van der Waals surface area contributed by atoms with E-state index >= 15 is 0 Å². The minimum absolute atomic E-state index is 0.323. The van der Waals surface area contributed by atoms with Gasteiger partial charge in [0.1, 0.15) is 0 Å². The Morgan fingerprint density at radius 2 is 2.14 bits per heavy atom. The number of aromatic nitrogens is 1. The second kappa shape index (κ2) is 2.76. The van der Waals surface area contributed by atoms with Crippen LogP contribution in [0.25, 0.3) is 0 Å². The van der Waals surface area contributed by atoms with Gasteiger partial charge in [-0.25, -0.2) is 0 Å². The average molecular weight is 210 g/mol. The Morgan fingerprint density at radius 3 is 2.93 bits per heavy atom. The van der Waals surface area contributed by atoms with Gasteiger partial charge in [0.2, 0.25) is 0 Å². The highest BCUT2D eigenvalue weighted by atomic mass is 35.5. The van der Waals surface area contributed by atoms with E-state index in [0.29, 0.717) is 10.6 Å². The number of fused-ring (bicyclic) bond motifs is 1. The Bertz CT molecular complexity index is 374. The molecule has 3 rings (SSSR count). The van der Waals surface area contributed by atoms with Crippen LogP contribution in [-0.4, -0.2) is 17.1 Å². The van der Waals surface area contributed by atoms with E-state index in [4.69, 9.17) is 11.6 Å². The molecule has 2 heterocycles. The van der Waals surface area contributed by atoms with Crippen molar-refractivity contribution in [2.24, 2.45) is 0 Å². The minimum atomic E-state index is 0.323. The lowest BCUT2D eigenvalue weighted by Crippen LogP contribution is -2.21. The van der Waals surface area contributed by atoms with Gasteiger partial charge in [-0.3, -0.25) is 4.98 Å². The molecule has 1 aromatic heterocycles. The first-order chi connectivity index (χ1) is 6.79. The normalized spacial score (nSPS) is 21.8. The molecule has 1 fully saturated rings. The number of rotatable bonds is 0. The van der Waals surface area contributed by atoms with Crippen molar-refractivity contribution in [2.45, 2.75) is 24.8 Å². The molecule has 1 aromatic rings. The summed E-state index contributed by atoms with van der Waals surface area (Å²) >= 11 is 6.10. The third-order valence-corrected chi connectivity index (χ3v) is 3.35. The number of nitrogens with one attached hydrogen (secondary N) is 2. The lowest BCUT2D eigenvalue weighted by atomic mass is 10.2. The van der Waals surface area contributed by atoms with Crippen LogP contribution in [0.4, 0.5) is 11.4 Å². The molecule has 0 amide bonds. The first-order valence-electron chi connectivity index (χ1n) is 4.95. The number of nitrogens with zero attached hydrogens (tertiary/aromatic N) is 1. The molecule has 2 aliphatic rings. The van der Waals surface area contributed by atoms with Gasteiger partial charge in [-0.15, -0.1) is 0 Å². The number of halogens is 1. The predicted molar refractivity (Wildman–Crippen MR) is 57.9 cm³/mol. The molecule has 1 saturated carbocycles. The van der Waals surface area contributed by atoms with Crippen molar-refractivity contribution < 1.29 is 0 Å². The molecule has 2 N–H and O–H groups in total. The summed E-state index contributed by atoms with van der Waals surface area (Å²) < 4.78 is 0. The fraction of sp³-hybridized carbons (Fsp3) is 0.500. The third-order valence-electron chi connectivity index (χ3n) is 3.06. The van der Waals surface area contributed by atoms with Crippen molar-refractivity contribution in [1.29, 1.82) is 0 Å². The van der Waals surface area contributed by atoms with Gasteiger partial charge in [-0.1, -0.05) is 11.6 Å². The van der Waals surface area contributed by atoms with Gasteiger partial charge < -0.3 is 10.6 Å². The predicted octanol–water partition coefficient (Wildman–Crippen LogP) is 2.50. The Labute approximate surface area is 87.9 Å². The fourth-order valence-corrected chi connectivity index (χ4v) is 2.19. The van der Waals surface area contributed by atoms with Gasteiger partial charge in [0.15, 0.2) is 0 Å². The van der Waals surface area contributed by atoms with Crippen LogP contribution in [-0.2, 0) is 0 Å². The monoisotopic (exact) mass is 209 g/mol. The highest BCUT2D eigenvalue weighted by Gasteiger charge is 2.43. The van der Waals surface area contributed by atoms with Gasteiger partial charge >= 0.3 is 0 Å². The maximum Gasteiger partial charge on any atom is 0.0842 e. The second-order valence-corrected chi connectivity index (χ2v) is 4.53. The molecule has 0 saturated heterocycles. The number of hydrogen-bond donors (Lipinski definition) is 2. The van der Waals surface area contributed by atoms with Crippen LogP contribution in [0.15, 0.2) is 12.4 Å². The van der Waals surface area contributed by atoms with Crippen molar-refractivity contribution >= 4 is 23.0 Å². The van der Waals surface area contributed by atoms with Crippen molar-refractivity contribution in [2.75, 3.05) is 17.2 Å². The van der Waals surface area contributed by atoms with Crippen LogP contribution in [0, 0.1) is 0 Å². The van der Waals surface area contributed by atoms with Crippen molar-refractivity contribution in [3.05, 3.63) is 17.4 Å². The number of pyridine rings is 1. The van der Waals surface area contributed by atoms with Crippen LogP contribution in [0.1, 0.15) is 19.3 Å². The first kappa shape index (κ1) is 8.36. The summed E-state index contributed by atoms with van der Waals surface area (Å²) in [7, 11) is 0. The first-order valence-corrected chi connectivity index (χ1v) is 5.32. The lowest BCUT2D eigenvalue weighted by Gasteiger charge is -2.16. The smallest absolute Gasteiger partial charge is 0.0842 e. The van der Waals surface area contributed by atoms with Gasteiger partial charge in [0.25, 0.3) is 0 Å². The Hall–Kier alpha value is -0.960. The van der Waals surface area contributed by atoms with Crippen LogP contribution in [0.2, 0.25) is 5.02 Å². The third kappa shape index (κ3) is 1.23. The molecule has 14 heavy (non-hydrogen) atoms. The quantitative estimate of drug-likeness (QED) is 0.690. The fourth-order valence-electron chi connectivity index (χ4n) is 1.99. The van der Waals surface area contributed by atoms with E-state index in [1.165, 1.54) is 12.8 Å². The van der Waals surface area contributed by atoms with Gasteiger partial charge in [0.05, 0.1) is 22.6 Å². The van der Waals surface area contributed by atoms with E-state index in [9.17, 15) is 0 Å². The summed E-state index contributed by atoms with van der Waals surface area (Å²) in [5, 5.41) is 7.61. The van der Waals surface area contributed by atoms with E-state index < -0.39 is 0 Å². The van der Waals surface area contributed by atoms with Crippen LogP contribution < -0.4 is 10.6 Å². The Balaban J connectivity index is 2.04. The molecule has 0 radical (unpaired) electrons. The molecular formula is C10H12ClN3. The van der Waals surface area contributed by atoms with E-state index in [-0.39, 0.29) is 0 Å². The molecule has 3 nitrogen and oxygen atoms in total. The van der Waals surface area contributed by atoms with Crippen LogP contribution in [0.3, 0.4) is 0 Å². The summed E-state index contributed by atoms with van der Waals surface area (Å²) in [4.78, 5) is 4.07. The van der Waals surface area contributed by atoms with E-state index in [1.807, 2.05) is 6.20 Å². The SMILES string of the molecule is Clc1cncc2c1NC1(CCN2)CC1. The average Bonchev–Trinajstić information content (AvgIpc) is 2.94. The van der Waals surface area contributed by atoms with E-state index in [2.05, 4.69) is 15.6 Å². The summed E-state index contributed by atoms with van der Waals surface area (Å²) in [6, 6.07) is 0.